The second-order valence-corrected chi connectivity index (χ2v) is 2.62. The number of nitrogen functional groups attached to an aromatic ring is 1. The molecule has 0 aliphatic carbocycles. The Morgan fingerprint density at radius 3 is 3.13 bits per heavy atom. The molecule has 0 saturated carbocycles. The molecule has 6 heteroatoms. The van der Waals surface area contributed by atoms with Crippen molar-refractivity contribution in [3.8, 4) is 11.8 Å². The van der Waals surface area contributed by atoms with Crippen molar-refractivity contribution in [3.63, 3.8) is 0 Å². The fourth-order valence-electron chi connectivity index (χ4n) is 0.924. The minimum atomic E-state index is -0.176. The molecule has 15 heavy (non-hydrogen) atoms. The molecule has 0 aliphatic rings. The molecule has 0 aromatic carbocycles. The van der Waals surface area contributed by atoms with Gasteiger partial charge in [0.25, 0.3) is 0 Å². The zero-order valence-electron chi connectivity index (χ0n) is 7.88. The Morgan fingerprint density at radius 2 is 2.47 bits per heavy atom. The monoisotopic (exact) mass is 203 g/mol. The second kappa shape index (κ2) is 5.50. The number of anilines is 1. The molecule has 0 spiro atoms. The summed E-state index contributed by atoms with van der Waals surface area (Å²) in [5, 5.41) is 12.2. The lowest BCUT2D eigenvalue weighted by atomic mass is 10.2. The molecule has 1 heterocycles. The van der Waals surface area contributed by atoms with Gasteiger partial charge in [0.1, 0.15) is 5.82 Å². The Bertz CT molecular complexity index is 453. The van der Waals surface area contributed by atoms with Gasteiger partial charge >= 0.3 is 0 Å². The van der Waals surface area contributed by atoms with Gasteiger partial charge in [-0.2, -0.15) is 0 Å². The molecule has 0 amide bonds. The van der Waals surface area contributed by atoms with E-state index in [1.54, 1.807) is 6.07 Å². The van der Waals surface area contributed by atoms with Crippen LogP contribution in [0, 0.1) is 11.8 Å². The van der Waals surface area contributed by atoms with Crippen molar-refractivity contribution in [2.45, 2.75) is 6.61 Å². The summed E-state index contributed by atoms with van der Waals surface area (Å²) in [5.41, 5.74) is 14.7. The SMILES string of the molecule is [N-]=[N+]=NCC#Cc1cnc(N)c(CO)c1. The van der Waals surface area contributed by atoms with Gasteiger partial charge in [-0.3, -0.25) is 0 Å². The molecular weight excluding hydrogens is 194 g/mol. The molecule has 0 aliphatic heterocycles. The van der Waals surface area contributed by atoms with Gasteiger partial charge < -0.3 is 10.8 Å². The molecule has 0 radical (unpaired) electrons. The Labute approximate surface area is 86.4 Å². The van der Waals surface area contributed by atoms with Gasteiger partial charge in [-0.05, 0) is 11.6 Å². The highest BCUT2D eigenvalue weighted by atomic mass is 16.3. The van der Waals surface area contributed by atoms with Gasteiger partial charge in [-0.25, -0.2) is 4.98 Å². The van der Waals surface area contributed by atoms with Crippen molar-refractivity contribution in [3.05, 3.63) is 33.8 Å². The summed E-state index contributed by atoms with van der Waals surface area (Å²) in [6.07, 6.45) is 1.50. The number of pyridine rings is 1. The molecule has 0 atom stereocenters. The van der Waals surface area contributed by atoms with Crippen molar-refractivity contribution in [2.75, 3.05) is 12.3 Å². The van der Waals surface area contributed by atoms with Crippen molar-refractivity contribution < 1.29 is 5.11 Å². The standard InChI is InChI=1S/C9H9N5O/c10-9-8(6-15)4-7(5-12-9)2-1-3-13-14-11/h4-5,15H,3,6H2,(H2,10,12). The van der Waals surface area contributed by atoms with Crippen LogP contribution >= 0.6 is 0 Å². The molecule has 0 fully saturated rings. The zero-order valence-corrected chi connectivity index (χ0v) is 7.88. The van der Waals surface area contributed by atoms with E-state index >= 15 is 0 Å². The highest BCUT2D eigenvalue weighted by Crippen LogP contribution is 2.09. The third-order valence-corrected chi connectivity index (χ3v) is 1.62. The summed E-state index contributed by atoms with van der Waals surface area (Å²) in [5.74, 6) is 5.67. The number of nitrogens with zero attached hydrogens (tertiary/aromatic N) is 4. The maximum atomic E-state index is 8.92. The summed E-state index contributed by atoms with van der Waals surface area (Å²) in [6, 6.07) is 1.64. The second-order valence-electron chi connectivity index (χ2n) is 2.62. The van der Waals surface area contributed by atoms with Crippen molar-refractivity contribution in [2.24, 2.45) is 5.11 Å². The summed E-state index contributed by atoms with van der Waals surface area (Å²) < 4.78 is 0. The lowest BCUT2D eigenvalue weighted by Crippen LogP contribution is -1.98. The van der Waals surface area contributed by atoms with Crippen LogP contribution in [0.3, 0.4) is 0 Å². The number of azide groups is 1. The number of aromatic nitrogens is 1. The van der Waals surface area contributed by atoms with Gasteiger partial charge in [0, 0.05) is 22.2 Å². The molecule has 76 valence electrons. The highest BCUT2D eigenvalue weighted by molar-refractivity contribution is 5.45. The van der Waals surface area contributed by atoms with Gasteiger partial charge in [-0.1, -0.05) is 17.0 Å². The van der Waals surface area contributed by atoms with Gasteiger partial charge in [0.05, 0.1) is 13.2 Å². The average Bonchev–Trinajstić information content (AvgIpc) is 2.26. The van der Waals surface area contributed by atoms with E-state index in [1.165, 1.54) is 6.20 Å². The molecular formula is C9H9N5O. The number of hydrogen-bond acceptors (Lipinski definition) is 4. The van der Waals surface area contributed by atoms with Crippen molar-refractivity contribution in [1.29, 1.82) is 0 Å². The molecule has 1 aromatic heterocycles. The van der Waals surface area contributed by atoms with Crippen LogP contribution in [-0.2, 0) is 6.61 Å². The first-order chi connectivity index (χ1) is 7.27. The van der Waals surface area contributed by atoms with E-state index < -0.39 is 0 Å². The minimum absolute atomic E-state index is 0.106. The Morgan fingerprint density at radius 1 is 1.67 bits per heavy atom. The molecule has 3 N–H and O–H groups in total. The van der Waals surface area contributed by atoms with Crippen LogP contribution in [0.25, 0.3) is 10.4 Å². The molecule has 1 rings (SSSR count). The normalized spacial score (nSPS) is 8.60. The maximum absolute atomic E-state index is 8.92. The van der Waals surface area contributed by atoms with Gasteiger partial charge in [0.15, 0.2) is 0 Å². The molecule has 6 nitrogen and oxygen atoms in total. The van der Waals surface area contributed by atoms with Gasteiger partial charge in [0.2, 0.25) is 0 Å². The lowest BCUT2D eigenvalue weighted by molar-refractivity contribution is 0.282. The summed E-state index contributed by atoms with van der Waals surface area (Å²) in [7, 11) is 0. The van der Waals surface area contributed by atoms with Crippen LogP contribution in [0.1, 0.15) is 11.1 Å². The van der Waals surface area contributed by atoms with Crippen LogP contribution in [0.2, 0.25) is 0 Å². The molecule has 1 aromatic rings. The molecule has 0 saturated heterocycles. The first-order valence-electron chi connectivity index (χ1n) is 4.13. The minimum Gasteiger partial charge on any atom is -0.392 e. The smallest absolute Gasteiger partial charge is 0.128 e. The quantitative estimate of drug-likeness (QED) is 0.321. The third-order valence-electron chi connectivity index (χ3n) is 1.62. The Hall–Kier alpha value is -2.22. The van der Waals surface area contributed by atoms with Crippen molar-refractivity contribution >= 4 is 5.82 Å². The first kappa shape index (κ1) is 10.9. The third kappa shape index (κ3) is 3.19. The van der Waals surface area contributed by atoms with Gasteiger partial charge in [-0.15, -0.1) is 0 Å². The molecule has 0 bridgehead atoms. The van der Waals surface area contributed by atoms with E-state index in [9.17, 15) is 0 Å². The predicted molar refractivity (Wildman–Crippen MR) is 55.5 cm³/mol. The zero-order chi connectivity index (χ0) is 11.1. The van der Waals surface area contributed by atoms with Crippen LogP contribution in [0.15, 0.2) is 17.4 Å². The average molecular weight is 203 g/mol. The summed E-state index contributed by atoms with van der Waals surface area (Å²) in [4.78, 5) is 6.42. The first-order valence-corrected chi connectivity index (χ1v) is 4.13. The van der Waals surface area contributed by atoms with Crippen LogP contribution in [-0.4, -0.2) is 16.6 Å². The van der Waals surface area contributed by atoms with E-state index in [4.69, 9.17) is 16.4 Å². The van der Waals surface area contributed by atoms with Crippen LogP contribution in [0.5, 0.6) is 0 Å². The maximum Gasteiger partial charge on any atom is 0.128 e. The largest absolute Gasteiger partial charge is 0.392 e. The highest BCUT2D eigenvalue weighted by Gasteiger charge is 1.98. The molecule has 0 unspecified atom stereocenters. The number of nitrogens with two attached hydrogens (primary N) is 1. The fourth-order valence-corrected chi connectivity index (χ4v) is 0.924. The van der Waals surface area contributed by atoms with E-state index in [0.717, 1.165) is 0 Å². The van der Waals surface area contributed by atoms with E-state index in [0.29, 0.717) is 11.1 Å². The predicted octanol–water partition coefficient (Wildman–Crippen LogP) is 0.818. The van der Waals surface area contributed by atoms with E-state index in [-0.39, 0.29) is 19.0 Å². The van der Waals surface area contributed by atoms with Crippen LogP contribution in [0.4, 0.5) is 5.82 Å². The Balaban J connectivity index is 2.85. The fraction of sp³-hybridized carbons (Fsp3) is 0.222. The van der Waals surface area contributed by atoms with Crippen molar-refractivity contribution in [1.82, 2.24) is 4.98 Å². The van der Waals surface area contributed by atoms with E-state index in [1.807, 2.05) is 0 Å². The van der Waals surface area contributed by atoms with Crippen LogP contribution < -0.4 is 5.73 Å². The van der Waals surface area contributed by atoms with E-state index in [2.05, 4.69) is 26.9 Å². The lowest BCUT2D eigenvalue weighted by Gasteiger charge is -2.00. The summed E-state index contributed by atoms with van der Waals surface area (Å²) >= 11 is 0. The summed E-state index contributed by atoms with van der Waals surface area (Å²) in [6.45, 7) is -0.0694. The number of hydrogen-bond donors (Lipinski definition) is 2. The Kier molecular flexibility index (Phi) is 3.98. The topological polar surface area (TPSA) is 108 Å². The number of aliphatic hydroxyl groups excluding tert-OH is 1. The number of rotatable bonds is 2. The number of aliphatic hydroxyl groups is 1.